The number of rotatable bonds is 7. The summed E-state index contributed by atoms with van der Waals surface area (Å²) in [7, 11) is 3.88. The molecule has 2 fully saturated rings. The van der Waals surface area contributed by atoms with E-state index in [2.05, 4.69) is 40.0 Å². The number of aromatic amines is 1. The Labute approximate surface area is 217 Å². The fourth-order valence-electron chi connectivity index (χ4n) is 5.87. The number of piperazine rings is 1. The summed E-state index contributed by atoms with van der Waals surface area (Å²) < 4.78 is 5.69. The summed E-state index contributed by atoms with van der Waals surface area (Å²) in [4.78, 5) is 25.4. The zero-order chi connectivity index (χ0) is 25.7. The fourth-order valence-corrected chi connectivity index (χ4v) is 5.87. The lowest BCUT2D eigenvalue weighted by Gasteiger charge is -2.32. The number of nitrogens with two attached hydrogens (primary N) is 1. The molecule has 6 rings (SSSR count). The highest BCUT2D eigenvalue weighted by Crippen LogP contribution is 2.44. The van der Waals surface area contributed by atoms with Crippen LogP contribution < -0.4 is 10.5 Å². The average molecular weight is 502 g/mol. The van der Waals surface area contributed by atoms with Gasteiger partial charge < -0.3 is 25.5 Å². The zero-order valence-electron chi connectivity index (χ0n) is 21.6. The van der Waals surface area contributed by atoms with Gasteiger partial charge in [0.2, 0.25) is 0 Å². The van der Waals surface area contributed by atoms with E-state index in [9.17, 15) is 9.90 Å². The minimum Gasteiger partial charge on any atom is -0.496 e. The Hall–Kier alpha value is -3.20. The monoisotopic (exact) mass is 501 g/mol. The van der Waals surface area contributed by atoms with Crippen LogP contribution in [0.25, 0.3) is 22.5 Å². The molecule has 3 heterocycles. The van der Waals surface area contributed by atoms with Crippen LogP contribution in [0.1, 0.15) is 51.6 Å². The molecule has 2 aromatic heterocycles. The van der Waals surface area contributed by atoms with Gasteiger partial charge in [0.25, 0.3) is 0 Å². The highest BCUT2D eigenvalue weighted by molar-refractivity contribution is 5.95. The van der Waals surface area contributed by atoms with Crippen LogP contribution in [-0.4, -0.2) is 71.2 Å². The zero-order valence-corrected chi connectivity index (χ0v) is 21.6. The van der Waals surface area contributed by atoms with Crippen LogP contribution in [0.5, 0.6) is 5.75 Å². The summed E-state index contributed by atoms with van der Waals surface area (Å²) in [6.07, 6.45) is 5.50. The Balaban J connectivity index is 1.36. The number of methoxy groups -OCH3 is 1. The van der Waals surface area contributed by atoms with Gasteiger partial charge in [-0.05, 0) is 74.0 Å². The second kappa shape index (κ2) is 9.59. The molecule has 4 N–H and O–H groups in total. The number of hydrogen-bond donors (Lipinski definition) is 3. The van der Waals surface area contributed by atoms with E-state index in [0.717, 1.165) is 96.9 Å². The molecule has 8 nitrogen and oxygen atoms in total. The Bertz CT molecular complexity index is 1340. The third-order valence-corrected chi connectivity index (χ3v) is 8.28. The SMILES string of the molecule is COc1ccc(-c2cc3c(cn2)CCc2c-3[nH]c(C(N)C3CC3)c2C(=O)O)cc1CN1CCN(C)CC1. The lowest BCUT2D eigenvalue weighted by Crippen LogP contribution is -2.43. The number of carbonyl (C=O) groups is 1. The maximum Gasteiger partial charge on any atom is 0.337 e. The van der Waals surface area contributed by atoms with Crippen molar-refractivity contribution in [2.75, 3.05) is 40.3 Å². The van der Waals surface area contributed by atoms with Gasteiger partial charge in [-0.2, -0.15) is 0 Å². The first kappa shape index (κ1) is 24.2. The van der Waals surface area contributed by atoms with Crippen LogP contribution in [0.2, 0.25) is 0 Å². The van der Waals surface area contributed by atoms with Crippen molar-refractivity contribution in [3.05, 3.63) is 58.4 Å². The van der Waals surface area contributed by atoms with Crippen LogP contribution in [0, 0.1) is 5.92 Å². The quantitative estimate of drug-likeness (QED) is 0.453. The Morgan fingerprint density at radius 3 is 2.70 bits per heavy atom. The fraction of sp³-hybridized carbons (Fsp3) is 0.448. The number of carboxylic acids is 1. The summed E-state index contributed by atoms with van der Waals surface area (Å²) >= 11 is 0. The molecule has 3 aromatic rings. The molecular formula is C29H35N5O3. The number of hydrogen-bond acceptors (Lipinski definition) is 6. The Morgan fingerprint density at radius 2 is 2.00 bits per heavy atom. The molecule has 1 aromatic carbocycles. The van der Waals surface area contributed by atoms with Gasteiger partial charge in [0.1, 0.15) is 5.75 Å². The molecular weight excluding hydrogens is 466 g/mol. The van der Waals surface area contributed by atoms with Crippen LogP contribution in [0.15, 0.2) is 30.5 Å². The van der Waals surface area contributed by atoms with Crippen molar-refractivity contribution in [3.63, 3.8) is 0 Å². The minimum absolute atomic E-state index is 0.264. The van der Waals surface area contributed by atoms with Gasteiger partial charge in [-0.25, -0.2) is 4.79 Å². The highest BCUT2D eigenvalue weighted by Gasteiger charge is 2.36. The van der Waals surface area contributed by atoms with Crippen molar-refractivity contribution < 1.29 is 14.6 Å². The molecule has 8 heteroatoms. The molecule has 194 valence electrons. The van der Waals surface area contributed by atoms with E-state index in [-0.39, 0.29) is 6.04 Å². The number of aromatic carboxylic acids is 1. The lowest BCUT2D eigenvalue weighted by molar-refractivity contribution is 0.0694. The normalized spacial score (nSPS) is 18.8. The van der Waals surface area contributed by atoms with E-state index in [1.807, 2.05) is 12.3 Å². The number of aromatic nitrogens is 2. The molecule has 37 heavy (non-hydrogen) atoms. The molecule has 2 aliphatic carbocycles. The van der Waals surface area contributed by atoms with Crippen LogP contribution in [0.3, 0.4) is 0 Å². The predicted molar refractivity (Wildman–Crippen MR) is 143 cm³/mol. The van der Waals surface area contributed by atoms with Crippen LogP contribution in [0.4, 0.5) is 0 Å². The van der Waals surface area contributed by atoms with Gasteiger partial charge in [0, 0.05) is 67.3 Å². The number of fused-ring (bicyclic) bond motifs is 3. The van der Waals surface area contributed by atoms with Crippen LogP contribution >= 0.6 is 0 Å². The van der Waals surface area contributed by atoms with Crippen molar-refractivity contribution >= 4 is 5.97 Å². The van der Waals surface area contributed by atoms with E-state index in [0.29, 0.717) is 23.6 Å². The molecule has 3 aliphatic rings. The van der Waals surface area contributed by atoms with Crippen LogP contribution in [-0.2, 0) is 19.4 Å². The van der Waals surface area contributed by atoms with E-state index in [1.165, 1.54) is 0 Å². The molecule has 0 bridgehead atoms. The second-order valence-corrected chi connectivity index (χ2v) is 10.8. The van der Waals surface area contributed by atoms with Crippen molar-refractivity contribution in [1.29, 1.82) is 0 Å². The van der Waals surface area contributed by atoms with E-state index >= 15 is 0 Å². The number of H-pyrrole nitrogens is 1. The maximum atomic E-state index is 12.3. The molecule has 0 radical (unpaired) electrons. The van der Waals surface area contributed by atoms with Crippen molar-refractivity contribution in [2.24, 2.45) is 11.7 Å². The predicted octanol–water partition coefficient (Wildman–Crippen LogP) is 3.71. The summed E-state index contributed by atoms with van der Waals surface area (Å²) in [6, 6.07) is 8.10. The van der Waals surface area contributed by atoms with E-state index in [4.69, 9.17) is 15.5 Å². The number of ether oxygens (including phenoxy) is 1. The number of pyridine rings is 1. The first-order chi connectivity index (χ1) is 17.9. The number of aryl methyl sites for hydroxylation is 1. The Kier molecular flexibility index (Phi) is 6.26. The standard InChI is InChI=1S/C29H35N5O3/c1-33-9-11-34(12-10-33)16-20-13-18(6-8-24(20)37-2)23-14-22-19(15-31-23)5-7-21-25(29(35)36)28(32-27(21)22)26(30)17-3-4-17/h6,8,13-15,17,26,32H,3-5,7,9-12,16,30H2,1-2H3,(H,35,36). The van der Waals surface area contributed by atoms with Crippen molar-refractivity contribution in [1.82, 2.24) is 19.8 Å². The molecule has 0 spiro atoms. The number of nitrogens with one attached hydrogen (secondary N) is 1. The smallest absolute Gasteiger partial charge is 0.337 e. The highest BCUT2D eigenvalue weighted by atomic mass is 16.5. The second-order valence-electron chi connectivity index (χ2n) is 10.8. The number of likely N-dealkylation sites (N-methyl/N-ethyl adjacent to an activating group) is 1. The minimum atomic E-state index is -0.898. The van der Waals surface area contributed by atoms with Gasteiger partial charge >= 0.3 is 5.97 Å². The van der Waals surface area contributed by atoms with Gasteiger partial charge in [0.15, 0.2) is 0 Å². The molecule has 0 amide bonds. The molecule has 1 saturated carbocycles. The van der Waals surface area contributed by atoms with Gasteiger partial charge in [-0.15, -0.1) is 0 Å². The first-order valence-electron chi connectivity index (χ1n) is 13.2. The lowest BCUT2D eigenvalue weighted by atomic mass is 9.88. The van der Waals surface area contributed by atoms with E-state index < -0.39 is 5.97 Å². The first-order valence-corrected chi connectivity index (χ1v) is 13.2. The molecule has 1 saturated heterocycles. The average Bonchev–Trinajstić information content (AvgIpc) is 3.68. The summed E-state index contributed by atoms with van der Waals surface area (Å²) in [5.74, 6) is 0.353. The molecule has 1 atom stereocenters. The van der Waals surface area contributed by atoms with Gasteiger partial charge in [0.05, 0.1) is 24.1 Å². The summed E-state index contributed by atoms with van der Waals surface area (Å²) in [5.41, 5.74) is 14.5. The molecule has 1 unspecified atom stereocenters. The molecule has 1 aliphatic heterocycles. The topological polar surface area (TPSA) is 108 Å². The van der Waals surface area contributed by atoms with Gasteiger partial charge in [-0.1, -0.05) is 0 Å². The summed E-state index contributed by atoms with van der Waals surface area (Å²) in [5, 5.41) is 10.1. The number of nitrogens with zero attached hydrogens (tertiary/aromatic N) is 3. The van der Waals surface area contributed by atoms with Crippen molar-refractivity contribution in [3.8, 4) is 28.3 Å². The maximum absolute atomic E-state index is 12.3. The Morgan fingerprint density at radius 1 is 1.22 bits per heavy atom. The van der Waals surface area contributed by atoms with Crippen molar-refractivity contribution in [2.45, 2.75) is 38.3 Å². The third-order valence-electron chi connectivity index (χ3n) is 8.28. The third kappa shape index (κ3) is 4.54. The van der Waals surface area contributed by atoms with E-state index in [1.54, 1.807) is 7.11 Å². The number of benzene rings is 1. The number of carboxylic acid groups (broad SMARTS) is 1. The van der Waals surface area contributed by atoms with Gasteiger partial charge in [-0.3, -0.25) is 9.88 Å². The largest absolute Gasteiger partial charge is 0.496 e. The summed E-state index contributed by atoms with van der Waals surface area (Å²) in [6.45, 7) is 5.04.